The van der Waals surface area contributed by atoms with Crippen LogP contribution >= 0.6 is 0 Å². The molecule has 2 saturated heterocycles. The number of aliphatic hydroxyl groups excluding tert-OH is 1. The molecule has 2 rings (SSSR count). The quantitative estimate of drug-likeness (QED) is 0.0984. The summed E-state index contributed by atoms with van der Waals surface area (Å²) in [5.41, 5.74) is 0.855. The van der Waals surface area contributed by atoms with E-state index in [-0.39, 0.29) is 30.8 Å². The van der Waals surface area contributed by atoms with E-state index in [4.69, 9.17) is 24.4 Å². The highest BCUT2D eigenvalue weighted by Gasteiger charge is 2.54. The summed E-state index contributed by atoms with van der Waals surface area (Å²) in [6, 6.07) is 0. The first-order chi connectivity index (χ1) is 20.7. The van der Waals surface area contributed by atoms with Crippen molar-refractivity contribution < 1.29 is 43.9 Å². The minimum atomic E-state index is -1.05. The average Bonchev–Trinajstić information content (AvgIpc) is 2.97. The summed E-state index contributed by atoms with van der Waals surface area (Å²) in [4.78, 5) is 34.6. The maximum Gasteiger partial charge on any atom is 0.327 e. The van der Waals surface area contributed by atoms with Crippen LogP contribution in [0.25, 0.3) is 0 Å². The van der Waals surface area contributed by atoms with E-state index in [1.165, 1.54) is 6.08 Å². The SMILES string of the molecule is C=C(C)/C=C/[C@@H]1O[C@@]2(CC[C@H](C)[C@@H](C/C=C(C)/C=C/[C@H](O)[C@@H](C)/C=C/C(=O)O)O2)CC[C@@]1(CCCC)OC(=O)CCC(=O)O. The Morgan fingerprint density at radius 3 is 2.41 bits per heavy atom. The number of hydrogen-bond acceptors (Lipinski definition) is 7. The number of carbonyl (C=O) groups excluding carboxylic acids is 1. The molecule has 2 aliphatic heterocycles. The van der Waals surface area contributed by atoms with E-state index in [1.807, 2.05) is 32.1 Å². The Morgan fingerprint density at radius 1 is 1.05 bits per heavy atom. The minimum absolute atomic E-state index is 0.110. The number of esters is 1. The first-order valence-corrected chi connectivity index (χ1v) is 15.8. The third kappa shape index (κ3) is 11.8. The first kappa shape index (κ1) is 37.2. The molecule has 44 heavy (non-hydrogen) atoms. The van der Waals surface area contributed by atoms with Gasteiger partial charge in [0, 0.05) is 24.8 Å². The fourth-order valence-electron chi connectivity index (χ4n) is 5.58. The summed E-state index contributed by atoms with van der Waals surface area (Å²) in [5, 5.41) is 28.2. The van der Waals surface area contributed by atoms with Crippen LogP contribution in [0.15, 0.2) is 60.3 Å². The molecule has 0 amide bonds. The molecule has 9 nitrogen and oxygen atoms in total. The van der Waals surface area contributed by atoms with Gasteiger partial charge in [0.1, 0.15) is 11.7 Å². The third-order valence-corrected chi connectivity index (χ3v) is 8.45. The van der Waals surface area contributed by atoms with Crippen LogP contribution in [0.4, 0.5) is 0 Å². The Kier molecular flexibility index (Phi) is 14.8. The summed E-state index contributed by atoms with van der Waals surface area (Å²) < 4.78 is 19.6. The lowest BCUT2D eigenvalue weighted by Gasteiger charge is -2.53. The molecule has 0 radical (unpaired) electrons. The van der Waals surface area contributed by atoms with Crippen molar-refractivity contribution in [3.8, 4) is 0 Å². The molecule has 0 aromatic heterocycles. The molecule has 0 aromatic carbocycles. The van der Waals surface area contributed by atoms with Crippen LogP contribution in [0, 0.1) is 11.8 Å². The van der Waals surface area contributed by atoms with Gasteiger partial charge in [-0.3, -0.25) is 9.59 Å². The van der Waals surface area contributed by atoms with Gasteiger partial charge in [0.2, 0.25) is 0 Å². The summed E-state index contributed by atoms with van der Waals surface area (Å²) in [5.74, 6) is -3.53. The van der Waals surface area contributed by atoms with E-state index in [1.54, 1.807) is 13.0 Å². The second-order valence-corrected chi connectivity index (χ2v) is 12.5. The molecular weight excluding hydrogens is 564 g/mol. The second kappa shape index (κ2) is 17.5. The van der Waals surface area contributed by atoms with Gasteiger partial charge >= 0.3 is 17.9 Å². The van der Waals surface area contributed by atoms with Gasteiger partial charge in [-0.1, -0.05) is 81.4 Å². The summed E-state index contributed by atoms with van der Waals surface area (Å²) >= 11 is 0. The number of carboxylic acid groups (broad SMARTS) is 2. The molecule has 0 saturated carbocycles. The Hall–Kier alpha value is -3.01. The fraction of sp³-hybridized carbons (Fsp3) is 0.629. The average molecular weight is 617 g/mol. The van der Waals surface area contributed by atoms with Gasteiger partial charge in [0.05, 0.1) is 25.0 Å². The lowest BCUT2D eigenvalue weighted by atomic mass is 9.78. The third-order valence-electron chi connectivity index (χ3n) is 8.45. The summed E-state index contributed by atoms with van der Waals surface area (Å²) in [7, 11) is 0. The molecule has 2 heterocycles. The van der Waals surface area contributed by atoms with Gasteiger partial charge in [-0.15, -0.1) is 0 Å². The number of carbonyl (C=O) groups is 3. The smallest absolute Gasteiger partial charge is 0.327 e. The molecule has 246 valence electrons. The Bertz CT molecular complexity index is 1120. The molecule has 9 heteroatoms. The van der Waals surface area contributed by atoms with Crippen molar-refractivity contribution >= 4 is 17.9 Å². The van der Waals surface area contributed by atoms with Crippen molar-refractivity contribution in [3.05, 3.63) is 60.3 Å². The van der Waals surface area contributed by atoms with Gasteiger partial charge in [-0.05, 0) is 51.9 Å². The zero-order valence-corrected chi connectivity index (χ0v) is 27.0. The zero-order valence-electron chi connectivity index (χ0n) is 27.0. The molecule has 0 unspecified atom stereocenters. The van der Waals surface area contributed by atoms with Crippen LogP contribution in [-0.2, 0) is 28.6 Å². The number of ether oxygens (including phenoxy) is 3. The maximum absolute atomic E-state index is 12.8. The van der Waals surface area contributed by atoms with Crippen LogP contribution in [0.2, 0.25) is 0 Å². The van der Waals surface area contributed by atoms with Crippen LogP contribution in [0.5, 0.6) is 0 Å². The lowest BCUT2D eigenvalue weighted by Crippen LogP contribution is -2.59. The Morgan fingerprint density at radius 2 is 1.77 bits per heavy atom. The Labute approximate surface area is 262 Å². The lowest BCUT2D eigenvalue weighted by molar-refractivity contribution is -0.344. The van der Waals surface area contributed by atoms with Gasteiger partial charge in [0.15, 0.2) is 5.79 Å². The summed E-state index contributed by atoms with van der Waals surface area (Å²) in [6.45, 7) is 13.8. The predicted molar refractivity (Wildman–Crippen MR) is 169 cm³/mol. The number of carboxylic acids is 2. The maximum atomic E-state index is 12.8. The molecule has 7 atom stereocenters. The normalized spacial score (nSPS) is 29.3. The van der Waals surface area contributed by atoms with Crippen molar-refractivity contribution in [2.75, 3.05) is 0 Å². The first-order valence-electron chi connectivity index (χ1n) is 15.8. The van der Waals surface area contributed by atoms with Crippen LogP contribution < -0.4 is 0 Å². The number of aliphatic carboxylic acids is 2. The van der Waals surface area contributed by atoms with Gasteiger partial charge in [0.25, 0.3) is 0 Å². The number of aliphatic hydroxyl groups is 1. The van der Waals surface area contributed by atoms with Gasteiger partial charge in [-0.2, -0.15) is 0 Å². The fourth-order valence-corrected chi connectivity index (χ4v) is 5.58. The highest BCUT2D eigenvalue weighted by molar-refractivity contribution is 5.79. The van der Waals surface area contributed by atoms with E-state index in [2.05, 4.69) is 26.5 Å². The molecular formula is C35H52O9. The highest BCUT2D eigenvalue weighted by Crippen LogP contribution is 2.48. The highest BCUT2D eigenvalue weighted by atomic mass is 16.7. The zero-order chi connectivity index (χ0) is 32.9. The van der Waals surface area contributed by atoms with Crippen molar-refractivity contribution in [2.24, 2.45) is 11.8 Å². The van der Waals surface area contributed by atoms with Crippen molar-refractivity contribution in [3.63, 3.8) is 0 Å². The molecule has 3 N–H and O–H groups in total. The number of rotatable bonds is 16. The van der Waals surface area contributed by atoms with E-state index < -0.39 is 41.5 Å². The van der Waals surface area contributed by atoms with Gasteiger partial charge < -0.3 is 29.5 Å². The van der Waals surface area contributed by atoms with Gasteiger partial charge in [-0.25, -0.2) is 4.79 Å². The molecule has 0 bridgehead atoms. The molecule has 0 aromatic rings. The monoisotopic (exact) mass is 616 g/mol. The van der Waals surface area contributed by atoms with Crippen molar-refractivity contribution in [1.29, 1.82) is 0 Å². The van der Waals surface area contributed by atoms with Crippen LogP contribution in [0.3, 0.4) is 0 Å². The topological polar surface area (TPSA) is 140 Å². The molecule has 2 fully saturated rings. The van der Waals surface area contributed by atoms with Crippen LogP contribution in [0.1, 0.15) is 98.8 Å². The minimum Gasteiger partial charge on any atom is -0.481 e. The number of allylic oxidation sites excluding steroid dienone is 4. The predicted octanol–water partition coefficient (Wildman–Crippen LogP) is 6.68. The standard InChI is InChI=1S/C35H52O9/c1-7-8-20-34(44-33(41)18-17-32(39)40)22-23-35(43-30(34)15-9-24(2)3)21-19-27(6)29(42-35)14-11-25(4)10-13-28(36)26(5)12-16-31(37)38/h9-13,15-16,26-30,36H,2,7-8,14,17-23H2,1,3-6H3,(H,37,38)(H,39,40)/b13-10+,15-9+,16-12+,25-11+/t26-,27-,28-,29+,30-,34+,35-/m0/s1. The molecule has 0 aliphatic carbocycles. The Balaban J connectivity index is 2.22. The van der Waals surface area contributed by atoms with Crippen molar-refractivity contribution in [1.82, 2.24) is 0 Å². The van der Waals surface area contributed by atoms with E-state index in [9.17, 15) is 19.5 Å². The van der Waals surface area contributed by atoms with Crippen molar-refractivity contribution in [2.45, 2.75) is 129 Å². The second-order valence-electron chi connectivity index (χ2n) is 12.5. The van der Waals surface area contributed by atoms with E-state index >= 15 is 0 Å². The molecule has 2 aliphatic rings. The van der Waals surface area contributed by atoms with Crippen LogP contribution in [-0.4, -0.2) is 62.9 Å². The van der Waals surface area contributed by atoms with E-state index in [0.717, 1.165) is 36.5 Å². The number of unbranched alkanes of at least 4 members (excludes halogenated alkanes) is 1. The summed E-state index contributed by atoms with van der Waals surface area (Å²) in [6.07, 6.45) is 15.5. The van der Waals surface area contributed by atoms with E-state index in [0.29, 0.717) is 32.1 Å². The number of hydrogen-bond donors (Lipinski definition) is 3. The molecule has 1 spiro atoms. The largest absolute Gasteiger partial charge is 0.481 e.